The lowest BCUT2D eigenvalue weighted by Crippen LogP contribution is -2.47. The van der Waals surface area contributed by atoms with Gasteiger partial charge in [-0.2, -0.15) is 0 Å². The number of nitro groups is 1. The SMILES string of the molecule is CCN(CC)CC.O=C(NCC1CN(Cc2ccc(Cl)c(Cl)c2)CCO1)Oc1ccc([N+](=O)[O-])cc1. The fourth-order valence-corrected chi connectivity index (χ4v) is 3.91. The van der Waals surface area contributed by atoms with E-state index in [1.54, 1.807) is 6.07 Å². The molecular formula is C25H34Cl2N4O5. The first-order valence-corrected chi connectivity index (χ1v) is 12.7. The number of nitrogens with one attached hydrogen (secondary N) is 1. The summed E-state index contributed by atoms with van der Waals surface area (Å²) in [5.41, 5.74) is 0.973. The fraction of sp³-hybridized carbons (Fsp3) is 0.480. The number of carbonyl (C=O) groups excluding carboxylic acids is 1. The van der Waals surface area contributed by atoms with E-state index >= 15 is 0 Å². The molecule has 2 aromatic carbocycles. The summed E-state index contributed by atoms with van der Waals surface area (Å²) in [4.78, 5) is 26.7. The van der Waals surface area contributed by atoms with Crippen molar-refractivity contribution in [2.75, 3.05) is 45.9 Å². The van der Waals surface area contributed by atoms with Crippen molar-refractivity contribution in [2.24, 2.45) is 0 Å². The van der Waals surface area contributed by atoms with Gasteiger partial charge in [-0.05, 0) is 49.5 Å². The molecule has 1 fully saturated rings. The highest BCUT2D eigenvalue weighted by Crippen LogP contribution is 2.23. The summed E-state index contributed by atoms with van der Waals surface area (Å²) in [5.74, 6) is 0.221. The van der Waals surface area contributed by atoms with Crippen LogP contribution in [0.1, 0.15) is 26.3 Å². The van der Waals surface area contributed by atoms with Crippen LogP contribution in [0.25, 0.3) is 0 Å². The molecule has 2 aromatic rings. The Morgan fingerprint density at radius 3 is 2.36 bits per heavy atom. The van der Waals surface area contributed by atoms with Crippen LogP contribution in [0.3, 0.4) is 0 Å². The minimum atomic E-state index is -0.649. The van der Waals surface area contributed by atoms with E-state index in [-0.39, 0.29) is 24.1 Å². The number of amides is 1. The Morgan fingerprint density at radius 1 is 1.14 bits per heavy atom. The number of ether oxygens (including phenoxy) is 2. The molecule has 1 aliphatic heterocycles. The van der Waals surface area contributed by atoms with Gasteiger partial charge in [0.2, 0.25) is 0 Å². The van der Waals surface area contributed by atoms with E-state index in [0.29, 0.717) is 29.7 Å². The molecule has 0 aliphatic carbocycles. The van der Waals surface area contributed by atoms with Gasteiger partial charge in [0.05, 0.1) is 27.7 Å². The molecule has 36 heavy (non-hydrogen) atoms. The van der Waals surface area contributed by atoms with Gasteiger partial charge in [0.25, 0.3) is 5.69 Å². The van der Waals surface area contributed by atoms with Crippen LogP contribution in [-0.4, -0.2) is 72.8 Å². The highest BCUT2D eigenvalue weighted by molar-refractivity contribution is 6.42. The maximum absolute atomic E-state index is 12.0. The van der Waals surface area contributed by atoms with E-state index in [0.717, 1.165) is 12.1 Å². The van der Waals surface area contributed by atoms with E-state index in [9.17, 15) is 14.9 Å². The molecule has 0 bridgehead atoms. The Kier molecular flexibility index (Phi) is 12.9. The van der Waals surface area contributed by atoms with Gasteiger partial charge in [0, 0.05) is 38.3 Å². The Labute approximate surface area is 222 Å². The summed E-state index contributed by atoms with van der Waals surface area (Å²) in [6, 6.07) is 10.8. The van der Waals surface area contributed by atoms with Crippen LogP contribution < -0.4 is 10.1 Å². The average Bonchev–Trinajstić information content (AvgIpc) is 2.87. The van der Waals surface area contributed by atoms with Gasteiger partial charge in [0.15, 0.2) is 0 Å². The van der Waals surface area contributed by atoms with Crippen molar-refractivity contribution in [1.82, 2.24) is 15.1 Å². The predicted molar refractivity (Wildman–Crippen MR) is 142 cm³/mol. The van der Waals surface area contributed by atoms with Crippen LogP contribution in [0.2, 0.25) is 10.0 Å². The molecule has 0 radical (unpaired) electrons. The minimum absolute atomic E-state index is 0.0737. The summed E-state index contributed by atoms with van der Waals surface area (Å²) < 4.78 is 10.8. The number of hydrogen-bond donors (Lipinski definition) is 1. The molecule has 0 spiro atoms. The largest absolute Gasteiger partial charge is 0.412 e. The topological polar surface area (TPSA) is 97.2 Å². The third-order valence-corrected chi connectivity index (χ3v) is 6.43. The zero-order valence-electron chi connectivity index (χ0n) is 20.9. The van der Waals surface area contributed by atoms with Crippen molar-refractivity contribution in [2.45, 2.75) is 33.4 Å². The van der Waals surface area contributed by atoms with Gasteiger partial charge in [-0.25, -0.2) is 4.79 Å². The molecule has 9 nitrogen and oxygen atoms in total. The molecular weight excluding hydrogens is 507 g/mol. The zero-order valence-corrected chi connectivity index (χ0v) is 22.4. The number of non-ortho nitro benzene ring substituents is 1. The first-order valence-electron chi connectivity index (χ1n) is 12.0. The van der Waals surface area contributed by atoms with Crippen molar-refractivity contribution in [3.05, 3.63) is 68.2 Å². The molecule has 1 atom stereocenters. The first kappa shape index (κ1) is 29.8. The lowest BCUT2D eigenvalue weighted by Gasteiger charge is -2.33. The van der Waals surface area contributed by atoms with Gasteiger partial charge < -0.3 is 19.7 Å². The maximum Gasteiger partial charge on any atom is 0.412 e. The molecule has 198 valence electrons. The molecule has 1 amide bonds. The lowest BCUT2D eigenvalue weighted by atomic mass is 10.2. The van der Waals surface area contributed by atoms with E-state index in [4.69, 9.17) is 32.7 Å². The summed E-state index contributed by atoms with van der Waals surface area (Å²) >= 11 is 12.0. The second kappa shape index (κ2) is 15.6. The van der Waals surface area contributed by atoms with Gasteiger partial charge in [0.1, 0.15) is 5.75 Å². The molecule has 0 saturated carbocycles. The Morgan fingerprint density at radius 2 is 1.81 bits per heavy atom. The Balaban J connectivity index is 0.000000572. The quantitative estimate of drug-likeness (QED) is 0.343. The molecule has 1 heterocycles. The number of morpholine rings is 1. The van der Waals surface area contributed by atoms with Crippen molar-refractivity contribution in [3.8, 4) is 5.75 Å². The molecule has 0 aromatic heterocycles. The van der Waals surface area contributed by atoms with Crippen LogP contribution in [0.4, 0.5) is 10.5 Å². The zero-order chi connectivity index (χ0) is 26.5. The number of hydrogen-bond acceptors (Lipinski definition) is 7. The van der Waals surface area contributed by atoms with E-state index < -0.39 is 11.0 Å². The Bertz CT molecular complexity index is 968. The number of halogens is 2. The lowest BCUT2D eigenvalue weighted by molar-refractivity contribution is -0.384. The third kappa shape index (κ3) is 10.3. The van der Waals surface area contributed by atoms with Gasteiger partial charge in [-0.15, -0.1) is 0 Å². The second-order valence-corrected chi connectivity index (χ2v) is 8.93. The molecule has 1 N–H and O–H groups in total. The van der Waals surface area contributed by atoms with E-state index in [1.807, 2.05) is 12.1 Å². The standard InChI is InChI=1S/C19H19Cl2N3O5.C6H15N/c20-17-6-1-13(9-18(17)21)11-23-7-8-28-16(12-23)10-22-19(25)29-15-4-2-14(3-5-15)24(26)27;1-4-7(5-2)6-3/h1-6,9,16H,7-8,10-12H2,(H,22,25);4-6H2,1-3H3. The van der Waals surface area contributed by atoms with Crippen molar-refractivity contribution < 1.29 is 19.2 Å². The minimum Gasteiger partial charge on any atom is -0.410 e. The van der Waals surface area contributed by atoms with Crippen LogP contribution >= 0.6 is 23.2 Å². The summed E-state index contributed by atoms with van der Waals surface area (Å²) in [7, 11) is 0. The van der Waals surface area contributed by atoms with E-state index in [1.165, 1.54) is 43.9 Å². The predicted octanol–water partition coefficient (Wildman–Crippen LogP) is 5.24. The average molecular weight is 541 g/mol. The summed E-state index contributed by atoms with van der Waals surface area (Å²) in [6.07, 6.45) is -0.833. The summed E-state index contributed by atoms with van der Waals surface area (Å²) in [5, 5.41) is 14.3. The number of nitro benzene ring substituents is 1. The molecule has 3 rings (SSSR count). The highest BCUT2D eigenvalue weighted by atomic mass is 35.5. The Hall–Kier alpha value is -2.43. The van der Waals surface area contributed by atoms with Crippen LogP contribution in [0.5, 0.6) is 5.75 Å². The highest BCUT2D eigenvalue weighted by Gasteiger charge is 2.21. The number of rotatable bonds is 9. The number of carbonyl (C=O) groups is 1. The normalized spacial score (nSPS) is 15.7. The maximum atomic E-state index is 12.0. The van der Waals surface area contributed by atoms with Gasteiger partial charge in [-0.3, -0.25) is 15.0 Å². The fourth-order valence-electron chi connectivity index (χ4n) is 3.59. The van der Waals surface area contributed by atoms with Crippen molar-refractivity contribution in [3.63, 3.8) is 0 Å². The third-order valence-electron chi connectivity index (χ3n) is 5.69. The van der Waals surface area contributed by atoms with Gasteiger partial charge in [-0.1, -0.05) is 50.0 Å². The van der Waals surface area contributed by atoms with Gasteiger partial charge >= 0.3 is 6.09 Å². The molecule has 1 saturated heterocycles. The van der Waals surface area contributed by atoms with Crippen LogP contribution in [0, 0.1) is 10.1 Å². The second-order valence-electron chi connectivity index (χ2n) is 8.12. The number of benzene rings is 2. The van der Waals surface area contributed by atoms with Crippen LogP contribution in [0.15, 0.2) is 42.5 Å². The smallest absolute Gasteiger partial charge is 0.410 e. The van der Waals surface area contributed by atoms with E-state index in [2.05, 4.69) is 35.9 Å². The number of nitrogens with zero attached hydrogens (tertiary/aromatic N) is 3. The molecule has 1 unspecified atom stereocenters. The molecule has 1 aliphatic rings. The molecule has 11 heteroatoms. The van der Waals surface area contributed by atoms with Crippen molar-refractivity contribution in [1.29, 1.82) is 0 Å². The van der Waals surface area contributed by atoms with Crippen molar-refractivity contribution >= 4 is 35.0 Å². The monoisotopic (exact) mass is 540 g/mol. The summed E-state index contributed by atoms with van der Waals surface area (Å²) in [6.45, 7) is 13.1. The van der Waals surface area contributed by atoms with Crippen LogP contribution in [-0.2, 0) is 11.3 Å². The first-order chi connectivity index (χ1) is 17.2.